The summed E-state index contributed by atoms with van der Waals surface area (Å²) in [4.78, 5) is 13.1. The average molecular weight is 403 g/mol. The second-order valence-corrected chi connectivity index (χ2v) is 6.69. The van der Waals surface area contributed by atoms with E-state index >= 15 is 0 Å². The van der Waals surface area contributed by atoms with Crippen LogP contribution < -0.4 is 14.8 Å². The van der Waals surface area contributed by atoms with Gasteiger partial charge in [0, 0.05) is 5.56 Å². The quantitative estimate of drug-likeness (QED) is 0.480. The SMILES string of the molecule is COc1ccc(-c2ccc(CO)o2)cc1NC(=O)c1cc2ccccc2cc1OC. The minimum Gasteiger partial charge on any atom is -0.496 e. The van der Waals surface area contributed by atoms with Crippen LogP contribution in [0.5, 0.6) is 11.5 Å². The molecular formula is C24H21NO5. The lowest BCUT2D eigenvalue weighted by atomic mass is 10.0. The van der Waals surface area contributed by atoms with E-state index < -0.39 is 0 Å². The maximum Gasteiger partial charge on any atom is 0.259 e. The van der Waals surface area contributed by atoms with Crippen LogP contribution in [0.15, 0.2) is 71.1 Å². The summed E-state index contributed by atoms with van der Waals surface area (Å²) in [6, 6.07) is 20.2. The molecule has 1 aromatic heterocycles. The molecule has 2 N–H and O–H groups in total. The highest BCUT2D eigenvalue weighted by Gasteiger charge is 2.17. The van der Waals surface area contributed by atoms with Gasteiger partial charge in [-0.25, -0.2) is 0 Å². The summed E-state index contributed by atoms with van der Waals surface area (Å²) in [5.41, 5.74) is 1.66. The number of furan rings is 1. The molecule has 0 aliphatic carbocycles. The van der Waals surface area contributed by atoms with Crippen molar-refractivity contribution in [2.75, 3.05) is 19.5 Å². The summed E-state index contributed by atoms with van der Waals surface area (Å²) in [5, 5.41) is 14.1. The number of carbonyl (C=O) groups is 1. The predicted octanol–water partition coefficient (Wildman–Crippen LogP) is 4.86. The second kappa shape index (κ2) is 8.31. The van der Waals surface area contributed by atoms with Gasteiger partial charge in [0.05, 0.1) is 25.5 Å². The molecule has 0 bridgehead atoms. The van der Waals surface area contributed by atoms with Gasteiger partial charge in [0.25, 0.3) is 5.91 Å². The van der Waals surface area contributed by atoms with E-state index in [9.17, 15) is 9.90 Å². The first kappa shape index (κ1) is 19.5. The number of amides is 1. The number of hydrogen-bond acceptors (Lipinski definition) is 5. The number of benzene rings is 3. The van der Waals surface area contributed by atoms with Crippen molar-refractivity contribution >= 4 is 22.4 Å². The van der Waals surface area contributed by atoms with Crippen LogP contribution in [0, 0.1) is 0 Å². The van der Waals surface area contributed by atoms with Crippen LogP contribution >= 0.6 is 0 Å². The molecule has 3 aromatic carbocycles. The summed E-state index contributed by atoms with van der Waals surface area (Å²) in [5.74, 6) is 1.73. The van der Waals surface area contributed by atoms with E-state index in [1.165, 1.54) is 14.2 Å². The van der Waals surface area contributed by atoms with Crippen molar-refractivity contribution < 1.29 is 23.8 Å². The zero-order valence-electron chi connectivity index (χ0n) is 16.6. The third-order valence-electron chi connectivity index (χ3n) is 4.86. The number of nitrogens with one attached hydrogen (secondary N) is 1. The number of carbonyl (C=O) groups excluding carboxylic acids is 1. The molecule has 0 aliphatic rings. The predicted molar refractivity (Wildman–Crippen MR) is 115 cm³/mol. The molecule has 4 aromatic rings. The van der Waals surface area contributed by atoms with E-state index in [1.807, 2.05) is 36.4 Å². The summed E-state index contributed by atoms with van der Waals surface area (Å²) < 4.78 is 16.5. The Balaban J connectivity index is 1.70. The maximum atomic E-state index is 13.1. The molecule has 6 nitrogen and oxygen atoms in total. The minimum atomic E-state index is -0.316. The van der Waals surface area contributed by atoms with E-state index in [4.69, 9.17) is 13.9 Å². The van der Waals surface area contributed by atoms with E-state index in [1.54, 1.807) is 30.3 Å². The summed E-state index contributed by atoms with van der Waals surface area (Å²) in [6.45, 7) is -0.179. The molecule has 0 saturated carbocycles. The molecule has 0 spiro atoms. The maximum absolute atomic E-state index is 13.1. The van der Waals surface area contributed by atoms with Gasteiger partial charge in [0.15, 0.2) is 0 Å². The zero-order chi connectivity index (χ0) is 21.1. The van der Waals surface area contributed by atoms with Gasteiger partial charge < -0.3 is 24.3 Å². The number of anilines is 1. The molecular weight excluding hydrogens is 382 g/mol. The van der Waals surface area contributed by atoms with Gasteiger partial charge in [-0.3, -0.25) is 4.79 Å². The number of hydrogen-bond donors (Lipinski definition) is 2. The van der Waals surface area contributed by atoms with Crippen molar-refractivity contribution in [3.8, 4) is 22.8 Å². The van der Waals surface area contributed by atoms with Gasteiger partial charge in [-0.1, -0.05) is 24.3 Å². The Labute approximate surface area is 173 Å². The van der Waals surface area contributed by atoms with Crippen molar-refractivity contribution in [3.05, 3.63) is 78.1 Å². The molecule has 0 saturated heterocycles. The summed E-state index contributed by atoms with van der Waals surface area (Å²) in [6.07, 6.45) is 0. The first-order valence-corrected chi connectivity index (χ1v) is 9.39. The number of ether oxygens (including phenoxy) is 2. The largest absolute Gasteiger partial charge is 0.496 e. The highest BCUT2D eigenvalue weighted by atomic mass is 16.5. The Hall–Kier alpha value is -3.77. The normalized spacial score (nSPS) is 10.8. The first-order chi connectivity index (χ1) is 14.6. The summed E-state index contributed by atoms with van der Waals surface area (Å²) >= 11 is 0. The van der Waals surface area contributed by atoms with Crippen LogP contribution in [0.25, 0.3) is 22.1 Å². The number of aliphatic hydroxyl groups is 1. The number of aliphatic hydroxyl groups excluding tert-OH is 1. The molecule has 0 radical (unpaired) electrons. The van der Waals surface area contributed by atoms with Gasteiger partial charge in [-0.05, 0) is 53.2 Å². The molecule has 0 unspecified atom stereocenters. The van der Waals surface area contributed by atoms with Crippen LogP contribution in [-0.2, 0) is 6.61 Å². The van der Waals surface area contributed by atoms with Crippen molar-refractivity contribution in [1.29, 1.82) is 0 Å². The van der Waals surface area contributed by atoms with Crippen molar-refractivity contribution in [3.63, 3.8) is 0 Å². The lowest BCUT2D eigenvalue weighted by Gasteiger charge is -2.14. The number of rotatable bonds is 6. The zero-order valence-corrected chi connectivity index (χ0v) is 16.6. The van der Waals surface area contributed by atoms with Crippen molar-refractivity contribution in [2.24, 2.45) is 0 Å². The summed E-state index contributed by atoms with van der Waals surface area (Å²) in [7, 11) is 3.08. The molecule has 152 valence electrons. The van der Waals surface area contributed by atoms with Crippen LogP contribution in [0.3, 0.4) is 0 Å². The Bertz CT molecular complexity index is 1210. The Morgan fingerprint density at radius 1 is 0.933 bits per heavy atom. The van der Waals surface area contributed by atoms with Crippen molar-refractivity contribution in [2.45, 2.75) is 6.61 Å². The Kier molecular flexibility index (Phi) is 5.41. The van der Waals surface area contributed by atoms with E-state index in [0.29, 0.717) is 34.3 Å². The number of fused-ring (bicyclic) bond motifs is 1. The number of methoxy groups -OCH3 is 2. The third kappa shape index (κ3) is 3.73. The van der Waals surface area contributed by atoms with Gasteiger partial charge in [-0.2, -0.15) is 0 Å². The smallest absolute Gasteiger partial charge is 0.259 e. The molecule has 0 atom stereocenters. The van der Waals surface area contributed by atoms with Gasteiger partial charge in [-0.15, -0.1) is 0 Å². The Morgan fingerprint density at radius 2 is 1.67 bits per heavy atom. The molecule has 1 amide bonds. The average Bonchev–Trinajstić information content (AvgIpc) is 3.27. The lowest BCUT2D eigenvalue weighted by Crippen LogP contribution is -2.14. The molecule has 6 heteroatoms. The second-order valence-electron chi connectivity index (χ2n) is 6.69. The molecule has 30 heavy (non-hydrogen) atoms. The molecule has 4 rings (SSSR count). The standard InChI is InChI=1S/C24H21NO5/c1-28-22-9-7-17(21-10-8-18(14-26)30-21)12-20(22)25-24(27)19-11-15-5-3-4-6-16(15)13-23(19)29-2/h3-13,26H,14H2,1-2H3,(H,25,27). The molecule has 0 aliphatic heterocycles. The first-order valence-electron chi connectivity index (χ1n) is 9.39. The highest BCUT2D eigenvalue weighted by molar-refractivity contribution is 6.09. The highest BCUT2D eigenvalue weighted by Crippen LogP contribution is 2.33. The Morgan fingerprint density at radius 3 is 2.33 bits per heavy atom. The van der Waals surface area contributed by atoms with Gasteiger partial charge >= 0.3 is 0 Å². The molecule has 0 fully saturated rings. The fourth-order valence-corrected chi connectivity index (χ4v) is 3.33. The van der Waals surface area contributed by atoms with Crippen LogP contribution in [0.4, 0.5) is 5.69 Å². The topological polar surface area (TPSA) is 80.9 Å². The van der Waals surface area contributed by atoms with E-state index in [0.717, 1.165) is 16.3 Å². The van der Waals surface area contributed by atoms with Gasteiger partial charge in [0.2, 0.25) is 0 Å². The van der Waals surface area contributed by atoms with Gasteiger partial charge in [0.1, 0.15) is 29.6 Å². The van der Waals surface area contributed by atoms with E-state index in [-0.39, 0.29) is 12.5 Å². The van der Waals surface area contributed by atoms with Crippen LogP contribution in [0.2, 0.25) is 0 Å². The minimum absolute atomic E-state index is 0.179. The van der Waals surface area contributed by atoms with Crippen molar-refractivity contribution in [1.82, 2.24) is 0 Å². The lowest BCUT2D eigenvalue weighted by molar-refractivity contribution is 0.102. The van der Waals surface area contributed by atoms with E-state index in [2.05, 4.69) is 5.32 Å². The molecule has 1 heterocycles. The van der Waals surface area contributed by atoms with Crippen LogP contribution in [0.1, 0.15) is 16.1 Å². The van der Waals surface area contributed by atoms with Crippen LogP contribution in [-0.4, -0.2) is 25.2 Å². The fourth-order valence-electron chi connectivity index (χ4n) is 3.33. The monoisotopic (exact) mass is 403 g/mol. The third-order valence-corrected chi connectivity index (χ3v) is 4.86. The fraction of sp³-hybridized carbons (Fsp3) is 0.125.